The highest BCUT2D eigenvalue weighted by atomic mass is 16.1. The number of hydrogen-bond donors (Lipinski definition) is 0. The summed E-state index contributed by atoms with van der Waals surface area (Å²) < 4.78 is 0. The molecule has 2 heteroatoms. The zero-order valence-corrected chi connectivity index (χ0v) is 18.2. The Morgan fingerprint density at radius 1 is 1.11 bits per heavy atom. The normalized spacial score (nSPS) is 18.3. The van der Waals surface area contributed by atoms with E-state index < -0.39 is 5.54 Å². The Morgan fingerprint density at radius 3 is 2.11 bits per heavy atom. The maximum absolute atomic E-state index is 12.2. The third-order valence-corrected chi connectivity index (χ3v) is 5.58. The van der Waals surface area contributed by atoms with Crippen LogP contribution in [0.1, 0.15) is 65.5 Å². The number of carbonyl (C=O) groups excluding carboxylic acids is 1. The number of Topliss-reactive ketones (excluding diaryl/α,β-unsaturated/α-hetero) is 1. The minimum Gasteiger partial charge on any atom is -0.297 e. The van der Waals surface area contributed by atoms with Gasteiger partial charge in [0.2, 0.25) is 0 Å². The third kappa shape index (κ3) is 5.07. The van der Waals surface area contributed by atoms with E-state index in [4.69, 9.17) is 4.99 Å². The molecule has 2 rings (SSSR count). The smallest absolute Gasteiger partial charge is 0.157 e. The first-order chi connectivity index (χ1) is 13.2. The molecule has 0 heterocycles. The molecule has 2 nitrogen and oxygen atoms in total. The highest BCUT2D eigenvalue weighted by Gasteiger charge is 2.45. The molecule has 0 aliphatic heterocycles. The quantitative estimate of drug-likeness (QED) is 0.365. The van der Waals surface area contributed by atoms with E-state index in [1.165, 1.54) is 0 Å². The molecule has 0 bridgehead atoms. The zero-order chi connectivity index (χ0) is 20.9. The first-order valence-electron chi connectivity index (χ1n) is 10.1. The highest BCUT2D eigenvalue weighted by molar-refractivity contribution is 6.01. The molecule has 1 aliphatic rings. The molecular weight excluding hydrogens is 342 g/mol. The van der Waals surface area contributed by atoms with Crippen LogP contribution in [-0.4, -0.2) is 17.0 Å². The Morgan fingerprint density at radius 2 is 1.68 bits per heavy atom. The van der Waals surface area contributed by atoms with Crippen LogP contribution in [0.15, 0.2) is 71.3 Å². The van der Waals surface area contributed by atoms with Crippen molar-refractivity contribution >= 4 is 17.1 Å². The van der Waals surface area contributed by atoms with Crippen molar-refractivity contribution in [3.8, 4) is 0 Å². The number of hydrogen-bond acceptors (Lipinski definition) is 2. The second-order valence-electron chi connectivity index (χ2n) is 7.88. The van der Waals surface area contributed by atoms with E-state index in [1.54, 1.807) is 6.92 Å². The lowest BCUT2D eigenvalue weighted by atomic mass is 9.91. The first-order valence-corrected chi connectivity index (χ1v) is 10.1. The van der Waals surface area contributed by atoms with Gasteiger partial charge in [-0.25, -0.2) is 0 Å². The number of carbonyl (C=O) groups is 1. The second-order valence-corrected chi connectivity index (χ2v) is 7.88. The van der Waals surface area contributed by atoms with E-state index in [1.807, 2.05) is 40.7 Å². The van der Waals surface area contributed by atoms with Gasteiger partial charge in [0.15, 0.2) is 5.78 Å². The van der Waals surface area contributed by atoms with E-state index in [0.29, 0.717) is 5.92 Å². The number of rotatable bonds is 8. The van der Waals surface area contributed by atoms with Gasteiger partial charge in [0.25, 0.3) is 0 Å². The van der Waals surface area contributed by atoms with Crippen molar-refractivity contribution in [2.75, 3.05) is 0 Å². The van der Waals surface area contributed by atoms with Gasteiger partial charge in [0, 0.05) is 5.71 Å². The summed E-state index contributed by atoms with van der Waals surface area (Å²) in [6, 6.07) is 8.42. The number of aliphatic imine (C=N–C) groups is 1. The zero-order valence-electron chi connectivity index (χ0n) is 18.2. The van der Waals surface area contributed by atoms with Crippen molar-refractivity contribution in [3.63, 3.8) is 0 Å². The maximum atomic E-state index is 12.2. The monoisotopic (exact) mass is 375 g/mol. The van der Waals surface area contributed by atoms with Crippen molar-refractivity contribution in [3.05, 3.63) is 77.4 Å². The van der Waals surface area contributed by atoms with E-state index in [2.05, 4.69) is 49.1 Å². The van der Waals surface area contributed by atoms with Gasteiger partial charge in [0.1, 0.15) is 5.54 Å². The number of allylic oxidation sites excluding steroid dienone is 7. The lowest BCUT2D eigenvalue weighted by Crippen LogP contribution is -2.34. The summed E-state index contributed by atoms with van der Waals surface area (Å²) in [7, 11) is 0. The Hall–Kier alpha value is -2.48. The fraction of sp³-hybridized carbons (Fsp3) is 0.385. The van der Waals surface area contributed by atoms with Crippen LogP contribution in [0.25, 0.3) is 5.57 Å². The van der Waals surface area contributed by atoms with Gasteiger partial charge in [-0.1, -0.05) is 54.6 Å². The molecule has 0 N–H and O–H groups in total. The molecule has 0 aromatic heterocycles. The van der Waals surface area contributed by atoms with Gasteiger partial charge < -0.3 is 0 Å². The fourth-order valence-corrected chi connectivity index (χ4v) is 3.41. The van der Waals surface area contributed by atoms with Crippen molar-refractivity contribution in [2.24, 2.45) is 10.9 Å². The molecule has 0 amide bonds. The van der Waals surface area contributed by atoms with Gasteiger partial charge in [0.05, 0.1) is 0 Å². The predicted octanol–water partition coefficient (Wildman–Crippen LogP) is 6.74. The van der Waals surface area contributed by atoms with Gasteiger partial charge >= 0.3 is 0 Å². The Balaban J connectivity index is 2.31. The molecule has 0 radical (unpaired) electrons. The number of ketones is 1. The van der Waals surface area contributed by atoms with Crippen LogP contribution in [0.4, 0.5) is 0 Å². The van der Waals surface area contributed by atoms with E-state index in [9.17, 15) is 4.79 Å². The summed E-state index contributed by atoms with van der Waals surface area (Å²) in [5.41, 5.74) is 5.88. The third-order valence-electron chi connectivity index (χ3n) is 5.58. The van der Waals surface area contributed by atoms with Crippen LogP contribution in [0.3, 0.4) is 0 Å². The average Bonchev–Trinajstić information content (AvgIpc) is 3.50. The van der Waals surface area contributed by atoms with Crippen LogP contribution < -0.4 is 0 Å². The molecule has 148 valence electrons. The number of benzene rings is 1. The van der Waals surface area contributed by atoms with Crippen molar-refractivity contribution < 1.29 is 4.79 Å². The molecule has 0 spiro atoms. The lowest BCUT2D eigenvalue weighted by Gasteiger charge is -2.23. The van der Waals surface area contributed by atoms with Crippen molar-refractivity contribution in [1.29, 1.82) is 0 Å². The summed E-state index contributed by atoms with van der Waals surface area (Å²) in [5, 5.41) is 0. The molecule has 1 fully saturated rings. The van der Waals surface area contributed by atoms with Gasteiger partial charge in [-0.05, 0) is 88.7 Å². The van der Waals surface area contributed by atoms with Gasteiger partial charge in [-0.3, -0.25) is 9.79 Å². The van der Waals surface area contributed by atoms with Crippen LogP contribution >= 0.6 is 0 Å². The minimum atomic E-state index is -0.581. The minimum absolute atomic E-state index is 0.156. The molecule has 1 unspecified atom stereocenters. The molecule has 28 heavy (non-hydrogen) atoms. The summed E-state index contributed by atoms with van der Waals surface area (Å²) in [6.07, 6.45) is 10.6. The fourth-order valence-electron chi connectivity index (χ4n) is 3.41. The SMILES string of the molecule is C=C(C)C(/C=C\C)=C\C(=CC)c1ccc(C(C)=NC(C)(C(C)=O)C2CC2)cc1. The molecular formula is C26H33NO. The van der Waals surface area contributed by atoms with Gasteiger partial charge in [-0.15, -0.1) is 0 Å². The largest absolute Gasteiger partial charge is 0.297 e. The van der Waals surface area contributed by atoms with Crippen LogP contribution in [-0.2, 0) is 4.79 Å². The average molecular weight is 376 g/mol. The topological polar surface area (TPSA) is 29.4 Å². The molecule has 1 saturated carbocycles. The first kappa shape index (κ1) is 21.8. The van der Waals surface area contributed by atoms with E-state index in [-0.39, 0.29) is 5.78 Å². The Kier molecular flexibility index (Phi) is 7.12. The molecule has 1 aromatic carbocycles. The molecule has 0 saturated heterocycles. The Bertz CT molecular complexity index is 860. The van der Waals surface area contributed by atoms with Crippen LogP contribution in [0.5, 0.6) is 0 Å². The molecule has 1 atom stereocenters. The second kappa shape index (κ2) is 9.14. The summed E-state index contributed by atoms with van der Waals surface area (Å²) in [5.74, 6) is 0.551. The lowest BCUT2D eigenvalue weighted by molar-refractivity contribution is -0.122. The van der Waals surface area contributed by atoms with Crippen molar-refractivity contribution in [1.82, 2.24) is 0 Å². The maximum Gasteiger partial charge on any atom is 0.157 e. The predicted molar refractivity (Wildman–Crippen MR) is 122 cm³/mol. The summed E-state index contributed by atoms with van der Waals surface area (Å²) in [4.78, 5) is 17.0. The molecule has 1 aromatic rings. The Labute approximate surface area is 170 Å². The van der Waals surface area contributed by atoms with Gasteiger partial charge in [-0.2, -0.15) is 0 Å². The summed E-state index contributed by atoms with van der Waals surface area (Å²) >= 11 is 0. The standard InChI is InChI=1S/C26H33NO/c1-8-10-24(18(3)4)17-21(9-2)23-13-11-22(12-14-23)19(5)27-26(7,20(6)28)25-15-16-25/h8-14,17,25H,3,15-16H2,1-2,4-7H3/b10-8-,21-9?,24-17-,27-19?. The summed E-state index contributed by atoms with van der Waals surface area (Å²) in [6.45, 7) is 15.8. The van der Waals surface area contributed by atoms with Crippen molar-refractivity contribution in [2.45, 2.75) is 59.9 Å². The highest BCUT2D eigenvalue weighted by Crippen LogP contribution is 2.42. The van der Waals surface area contributed by atoms with E-state index in [0.717, 1.165) is 46.4 Å². The number of nitrogens with zero attached hydrogens (tertiary/aromatic N) is 1. The van der Waals surface area contributed by atoms with E-state index >= 15 is 0 Å². The van der Waals surface area contributed by atoms with Crippen LogP contribution in [0, 0.1) is 5.92 Å². The van der Waals surface area contributed by atoms with Crippen LogP contribution in [0.2, 0.25) is 0 Å². The molecule has 1 aliphatic carbocycles.